The van der Waals surface area contributed by atoms with E-state index >= 15 is 0 Å². The molecular formula is C19H25ClN4O. The van der Waals surface area contributed by atoms with E-state index in [9.17, 15) is 4.79 Å². The van der Waals surface area contributed by atoms with E-state index in [1.807, 2.05) is 54.7 Å². The number of rotatable bonds is 4. The average molecular weight is 361 g/mol. The van der Waals surface area contributed by atoms with Crippen molar-refractivity contribution in [2.45, 2.75) is 39.2 Å². The van der Waals surface area contributed by atoms with Crippen LogP contribution in [0, 0.1) is 13.8 Å². The van der Waals surface area contributed by atoms with Crippen molar-refractivity contribution in [2.75, 3.05) is 20.1 Å². The SMILES string of the molecule is CNC1CCCN(C(=O)Cc2c(C)nn(-c3ccc(Cl)cc3)c2C)C1. The smallest absolute Gasteiger partial charge is 0.227 e. The van der Waals surface area contributed by atoms with Gasteiger partial charge in [-0.3, -0.25) is 4.79 Å². The van der Waals surface area contributed by atoms with E-state index in [-0.39, 0.29) is 5.91 Å². The van der Waals surface area contributed by atoms with Crippen LogP contribution in [0.15, 0.2) is 24.3 Å². The van der Waals surface area contributed by atoms with Crippen LogP contribution in [0.4, 0.5) is 0 Å². The van der Waals surface area contributed by atoms with Crippen molar-refractivity contribution < 1.29 is 4.79 Å². The van der Waals surface area contributed by atoms with E-state index in [4.69, 9.17) is 11.6 Å². The summed E-state index contributed by atoms with van der Waals surface area (Å²) in [4.78, 5) is 14.7. The number of likely N-dealkylation sites (tertiary alicyclic amines) is 1. The van der Waals surface area contributed by atoms with Gasteiger partial charge in [-0.1, -0.05) is 11.6 Å². The summed E-state index contributed by atoms with van der Waals surface area (Å²) < 4.78 is 1.89. The van der Waals surface area contributed by atoms with Gasteiger partial charge < -0.3 is 10.2 Å². The number of aromatic nitrogens is 2. The first kappa shape index (κ1) is 18.0. The molecule has 0 bridgehead atoms. The number of benzene rings is 1. The molecule has 1 atom stereocenters. The van der Waals surface area contributed by atoms with E-state index in [1.165, 1.54) is 0 Å². The second kappa shape index (κ2) is 7.58. The second-order valence-electron chi connectivity index (χ2n) is 6.68. The maximum absolute atomic E-state index is 12.8. The van der Waals surface area contributed by atoms with Gasteiger partial charge in [0.05, 0.1) is 17.8 Å². The zero-order valence-electron chi connectivity index (χ0n) is 15.1. The second-order valence-corrected chi connectivity index (χ2v) is 7.12. The van der Waals surface area contributed by atoms with Crippen molar-refractivity contribution in [3.63, 3.8) is 0 Å². The Balaban J connectivity index is 1.79. The summed E-state index contributed by atoms with van der Waals surface area (Å²) in [5.74, 6) is 0.182. The standard InChI is InChI=1S/C19H25ClN4O/c1-13-18(11-19(25)23-10-4-5-16(12-23)21-3)14(2)24(22-13)17-8-6-15(20)7-9-17/h6-9,16,21H,4-5,10-12H2,1-3H3. The number of carbonyl (C=O) groups excluding carboxylic acids is 1. The summed E-state index contributed by atoms with van der Waals surface area (Å²) in [6, 6.07) is 7.98. The molecule has 2 aromatic rings. The molecule has 1 N–H and O–H groups in total. The Morgan fingerprint density at radius 1 is 1.32 bits per heavy atom. The van der Waals surface area contributed by atoms with Crippen LogP contribution in [0.3, 0.4) is 0 Å². The number of halogens is 1. The number of piperidine rings is 1. The van der Waals surface area contributed by atoms with Crippen LogP contribution in [0.25, 0.3) is 5.69 Å². The molecule has 0 spiro atoms. The van der Waals surface area contributed by atoms with Gasteiger partial charge in [0.25, 0.3) is 0 Å². The monoisotopic (exact) mass is 360 g/mol. The number of carbonyl (C=O) groups is 1. The fourth-order valence-electron chi connectivity index (χ4n) is 3.47. The maximum atomic E-state index is 12.8. The molecule has 5 nitrogen and oxygen atoms in total. The minimum atomic E-state index is 0.182. The highest BCUT2D eigenvalue weighted by Gasteiger charge is 2.24. The quantitative estimate of drug-likeness (QED) is 0.912. The van der Waals surface area contributed by atoms with Crippen molar-refractivity contribution >= 4 is 17.5 Å². The fraction of sp³-hybridized carbons (Fsp3) is 0.474. The van der Waals surface area contributed by atoms with Crippen molar-refractivity contribution in [1.29, 1.82) is 0 Å². The van der Waals surface area contributed by atoms with Crippen LogP contribution in [0.5, 0.6) is 0 Å². The molecule has 1 aliphatic heterocycles. The first-order valence-electron chi connectivity index (χ1n) is 8.75. The number of hydrogen-bond donors (Lipinski definition) is 1. The summed E-state index contributed by atoms with van der Waals surface area (Å²) in [6.45, 7) is 5.62. The number of nitrogens with one attached hydrogen (secondary N) is 1. The van der Waals surface area contributed by atoms with Gasteiger partial charge in [-0.15, -0.1) is 0 Å². The molecule has 1 fully saturated rings. The number of aryl methyl sites for hydroxylation is 1. The molecule has 25 heavy (non-hydrogen) atoms. The molecule has 2 heterocycles. The molecule has 1 aromatic carbocycles. The third kappa shape index (κ3) is 3.88. The van der Waals surface area contributed by atoms with Crippen molar-refractivity contribution in [1.82, 2.24) is 20.0 Å². The Labute approximate surface area is 154 Å². The first-order valence-corrected chi connectivity index (χ1v) is 9.13. The summed E-state index contributed by atoms with van der Waals surface area (Å²) in [7, 11) is 1.96. The zero-order chi connectivity index (χ0) is 18.0. The topological polar surface area (TPSA) is 50.2 Å². The first-order chi connectivity index (χ1) is 12.0. The van der Waals surface area contributed by atoms with Crippen LogP contribution < -0.4 is 5.32 Å². The Hall–Kier alpha value is -1.85. The van der Waals surface area contributed by atoms with Gasteiger partial charge in [-0.2, -0.15) is 5.10 Å². The lowest BCUT2D eigenvalue weighted by Crippen LogP contribution is -2.47. The van der Waals surface area contributed by atoms with Crippen molar-refractivity contribution in [3.05, 3.63) is 46.2 Å². The lowest BCUT2D eigenvalue weighted by Gasteiger charge is -2.32. The van der Waals surface area contributed by atoms with Gasteiger partial charge in [0.15, 0.2) is 0 Å². The molecule has 1 aliphatic rings. The molecule has 134 valence electrons. The van der Waals surface area contributed by atoms with E-state index < -0.39 is 0 Å². The molecule has 1 unspecified atom stereocenters. The van der Waals surface area contributed by atoms with Crippen LogP contribution in [0.1, 0.15) is 29.8 Å². The highest BCUT2D eigenvalue weighted by atomic mass is 35.5. The summed E-state index contributed by atoms with van der Waals surface area (Å²) >= 11 is 5.97. The Morgan fingerprint density at radius 2 is 2.04 bits per heavy atom. The van der Waals surface area contributed by atoms with Crippen LogP contribution in [0.2, 0.25) is 5.02 Å². The van der Waals surface area contributed by atoms with Crippen LogP contribution >= 0.6 is 11.6 Å². The normalized spacial score (nSPS) is 17.8. The van der Waals surface area contributed by atoms with Gasteiger partial charge in [0, 0.05) is 35.4 Å². The Morgan fingerprint density at radius 3 is 2.72 bits per heavy atom. The lowest BCUT2D eigenvalue weighted by atomic mass is 10.0. The van der Waals surface area contributed by atoms with Gasteiger partial charge in [-0.25, -0.2) is 4.68 Å². The predicted octanol–water partition coefficient (Wildman–Crippen LogP) is 2.90. The van der Waals surface area contributed by atoms with Gasteiger partial charge in [-0.05, 0) is 58.0 Å². The molecule has 0 saturated carbocycles. The molecule has 1 aromatic heterocycles. The number of amides is 1. The predicted molar refractivity (Wildman–Crippen MR) is 100 cm³/mol. The molecule has 0 aliphatic carbocycles. The maximum Gasteiger partial charge on any atom is 0.227 e. The Kier molecular flexibility index (Phi) is 5.45. The molecule has 1 amide bonds. The van der Waals surface area contributed by atoms with Crippen LogP contribution in [-0.2, 0) is 11.2 Å². The molecule has 6 heteroatoms. The van der Waals surface area contributed by atoms with Gasteiger partial charge >= 0.3 is 0 Å². The summed E-state index contributed by atoms with van der Waals surface area (Å²) in [5, 5.41) is 8.61. The summed E-state index contributed by atoms with van der Waals surface area (Å²) in [6.07, 6.45) is 2.59. The highest BCUT2D eigenvalue weighted by Crippen LogP contribution is 2.21. The van der Waals surface area contributed by atoms with E-state index in [1.54, 1.807) is 0 Å². The fourth-order valence-corrected chi connectivity index (χ4v) is 3.59. The lowest BCUT2D eigenvalue weighted by molar-refractivity contribution is -0.131. The van der Waals surface area contributed by atoms with Crippen molar-refractivity contribution in [2.24, 2.45) is 0 Å². The Bertz CT molecular complexity index is 754. The van der Waals surface area contributed by atoms with E-state index in [0.29, 0.717) is 17.5 Å². The zero-order valence-corrected chi connectivity index (χ0v) is 15.8. The van der Waals surface area contributed by atoms with E-state index in [0.717, 1.165) is 48.6 Å². The van der Waals surface area contributed by atoms with E-state index in [2.05, 4.69) is 10.4 Å². The summed E-state index contributed by atoms with van der Waals surface area (Å²) in [5.41, 5.74) is 3.89. The highest BCUT2D eigenvalue weighted by molar-refractivity contribution is 6.30. The van der Waals surface area contributed by atoms with Gasteiger partial charge in [0.2, 0.25) is 5.91 Å². The number of likely N-dealkylation sites (N-methyl/N-ethyl adjacent to an activating group) is 1. The largest absolute Gasteiger partial charge is 0.341 e. The minimum absolute atomic E-state index is 0.182. The number of nitrogens with zero attached hydrogens (tertiary/aromatic N) is 3. The third-order valence-corrected chi connectivity index (χ3v) is 5.27. The number of hydrogen-bond acceptors (Lipinski definition) is 3. The molecule has 3 rings (SSSR count). The van der Waals surface area contributed by atoms with Gasteiger partial charge in [0.1, 0.15) is 0 Å². The third-order valence-electron chi connectivity index (χ3n) is 5.02. The molecule has 0 radical (unpaired) electrons. The van der Waals surface area contributed by atoms with Crippen LogP contribution in [-0.4, -0.2) is 46.8 Å². The average Bonchev–Trinajstić information content (AvgIpc) is 2.90. The molecular weight excluding hydrogens is 336 g/mol. The van der Waals surface area contributed by atoms with Crippen molar-refractivity contribution in [3.8, 4) is 5.69 Å². The molecule has 1 saturated heterocycles. The minimum Gasteiger partial charge on any atom is -0.341 e.